The number of hydrogen-bond acceptors (Lipinski definition) is 2. The van der Waals surface area contributed by atoms with E-state index in [2.05, 4.69) is 15.9 Å². The summed E-state index contributed by atoms with van der Waals surface area (Å²) in [6.07, 6.45) is 0. The Hall–Kier alpha value is -0.490. The van der Waals surface area contributed by atoms with E-state index in [0.29, 0.717) is 4.47 Å². The summed E-state index contributed by atoms with van der Waals surface area (Å²) in [5, 5.41) is 0. The molecule has 6 heteroatoms. The maximum Gasteiger partial charge on any atom is 0.323 e. The van der Waals surface area contributed by atoms with Gasteiger partial charge in [-0.05, 0) is 18.2 Å². The summed E-state index contributed by atoms with van der Waals surface area (Å²) in [5.74, 6) is -3.15. The first-order valence-corrected chi connectivity index (χ1v) is 5.67. The van der Waals surface area contributed by atoms with Crippen LogP contribution in [-0.4, -0.2) is 9.97 Å². The highest BCUT2D eigenvalue weighted by molar-refractivity contribution is 9.10. The monoisotopic (exact) mass is 269 g/mol. The van der Waals surface area contributed by atoms with E-state index in [1.807, 2.05) is 0 Å². The molecular formula is C7H6BrF2NOS. The Morgan fingerprint density at radius 3 is 2.54 bits per heavy atom. The Morgan fingerprint density at radius 2 is 2.08 bits per heavy atom. The number of alkyl halides is 2. The van der Waals surface area contributed by atoms with Gasteiger partial charge in [-0.25, -0.2) is 8.99 Å². The van der Waals surface area contributed by atoms with E-state index in [-0.39, 0.29) is 4.90 Å². The standard InChI is InChI=1S/C7H6BrF2NOS/c8-5-2-1-3-6(4-5)13(11,12)7(9)10/h1-4,7,11H. The second kappa shape index (κ2) is 3.71. The Labute approximate surface area is 83.1 Å². The quantitative estimate of drug-likeness (QED) is 0.881. The average Bonchev–Trinajstić information content (AvgIpc) is 2.04. The minimum absolute atomic E-state index is 0.156. The fourth-order valence-electron chi connectivity index (χ4n) is 0.758. The first-order valence-electron chi connectivity index (χ1n) is 3.26. The molecule has 1 atom stereocenters. The molecule has 0 radical (unpaired) electrons. The fraction of sp³-hybridized carbons (Fsp3) is 0.143. The molecule has 0 heterocycles. The lowest BCUT2D eigenvalue weighted by Gasteiger charge is -2.05. The van der Waals surface area contributed by atoms with Crippen molar-refractivity contribution in [2.24, 2.45) is 0 Å². The van der Waals surface area contributed by atoms with Crippen LogP contribution in [0.4, 0.5) is 8.78 Å². The molecule has 2 nitrogen and oxygen atoms in total. The highest BCUT2D eigenvalue weighted by Gasteiger charge is 2.21. The maximum atomic E-state index is 12.2. The molecule has 0 aliphatic heterocycles. The van der Waals surface area contributed by atoms with Crippen LogP contribution in [0.3, 0.4) is 0 Å². The molecule has 0 saturated heterocycles. The number of nitrogens with one attached hydrogen (secondary N) is 1. The van der Waals surface area contributed by atoms with Crippen LogP contribution in [0.25, 0.3) is 0 Å². The van der Waals surface area contributed by atoms with Gasteiger partial charge in [-0.2, -0.15) is 8.78 Å². The smallest absolute Gasteiger partial charge is 0.244 e. The third-order valence-corrected chi connectivity index (χ3v) is 3.35. The summed E-state index contributed by atoms with van der Waals surface area (Å²) in [4.78, 5) is -0.156. The molecule has 0 spiro atoms. The van der Waals surface area contributed by atoms with Crippen molar-refractivity contribution in [2.45, 2.75) is 10.7 Å². The van der Waals surface area contributed by atoms with Gasteiger partial charge in [0.05, 0.1) is 4.90 Å². The molecule has 0 aliphatic carbocycles. The zero-order valence-electron chi connectivity index (χ0n) is 6.34. The van der Waals surface area contributed by atoms with Crippen LogP contribution < -0.4 is 0 Å². The first kappa shape index (κ1) is 10.6. The van der Waals surface area contributed by atoms with Gasteiger partial charge in [0.2, 0.25) is 0 Å². The van der Waals surface area contributed by atoms with Crippen molar-refractivity contribution in [3.63, 3.8) is 0 Å². The lowest BCUT2D eigenvalue weighted by molar-refractivity contribution is 0.241. The van der Waals surface area contributed by atoms with Crippen LogP contribution >= 0.6 is 15.9 Å². The number of benzene rings is 1. The van der Waals surface area contributed by atoms with Gasteiger partial charge in [-0.3, -0.25) is 0 Å². The predicted octanol–water partition coefficient (Wildman–Crippen LogP) is 3.08. The van der Waals surface area contributed by atoms with Gasteiger partial charge >= 0.3 is 5.76 Å². The fourth-order valence-corrected chi connectivity index (χ4v) is 2.10. The SMILES string of the molecule is N=S(=O)(c1cccc(Br)c1)C(F)F. The van der Waals surface area contributed by atoms with E-state index in [1.54, 1.807) is 6.07 Å². The van der Waals surface area contributed by atoms with Crippen LogP contribution in [0.5, 0.6) is 0 Å². The third kappa shape index (κ3) is 2.25. The van der Waals surface area contributed by atoms with Crippen molar-refractivity contribution in [1.29, 1.82) is 4.78 Å². The zero-order valence-corrected chi connectivity index (χ0v) is 8.74. The molecule has 0 fully saturated rings. The largest absolute Gasteiger partial charge is 0.323 e. The highest BCUT2D eigenvalue weighted by Crippen LogP contribution is 2.21. The Morgan fingerprint density at radius 1 is 1.46 bits per heavy atom. The van der Waals surface area contributed by atoms with Crippen molar-refractivity contribution >= 4 is 25.7 Å². The average molecular weight is 270 g/mol. The molecular weight excluding hydrogens is 264 g/mol. The van der Waals surface area contributed by atoms with Crippen molar-refractivity contribution in [1.82, 2.24) is 0 Å². The van der Waals surface area contributed by atoms with Crippen LogP contribution in [-0.2, 0) is 9.73 Å². The van der Waals surface area contributed by atoms with Gasteiger partial charge in [-0.1, -0.05) is 22.0 Å². The van der Waals surface area contributed by atoms with Crippen LogP contribution in [0.15, 0.2) is 33.6 Å². The van der Waals surface area contributed by atoms with Crippen molar-refractivity contribution in [3.05, 3.63) is 28.7 Å². The van der Waals surface area contributed by atoms with E-state index in [4.69, 9.17) is 4.78 Å². The molecule has 72 valence electrons. The normalized spacial score (nSPS) is 15.7. The molecule has 1 N–H and O–H groups in total. The van der Waals surface area contributed by atoms with Crippen molar-refractivity contribution < 1.29 is 13.0 Å². The molecule has 1 aromatic rings. The van der Waals surface area contributed by atoms with Gasteiger partial charge in [-0.15, -0.1) is 0 Å². The van der Waals surface area contributed by atoms with Crippen LogP contribution in [0.2, 0.25) is 0 Å². The third-order valence-electron chi connectivity index (χ3n) is 1.40. The second-order valence-electron chi connectivity index (χ2n) is 2.32. The zero-order chi connectivity index (χ0) is 10.1. The Kier molecular flexibility index (Phi) is 3.02. The molecule has 13 heavy (non-hydrogen) atoms. The number of rotatable bonds is 2. The maximum absolute atomic E-state index is 12.2. The van der Waals surface area contributed by atoms with Gasteiger partial charge in [0.15, 0.2) is 0 Å². The molecule has 0 aliphatic rings. The molecule has 0 amide bonds. The summed E-state index contributed by atoms with van der Waals surface area (Å²) in [5.41, 5.74) is 0. The molecule has 1 rings (SSSR count). The number of halogens is 3. The van der Waals surface area contributed by atoms with Gasteiger partial charge in [0.25, 0.3) is 0 Å². The van der Waals surface area contributed by atoms with E-state index < -0.39 is 15.5 Å². The summed E-state index contributed by atoms with van der Waals surface area (Å²) >= 11 is 3.05. The van der Waals surface area contributed by atoms with Gasteiger partial charge < -0.3 is 0 Å². The Balaban J connectivity index is 3.24. The topological polar surface area (TPSA) is 40.9 Å². The highest BCUT2D eigenvalue weighted by atomic mass is 79.9. The Bertz CT molecular complexity index is 405. The molecule has 1 aromatic carbocycles. The van der Waals surface area contributed by atoms with Gasteiger partial charge in [0.1, 0.15) is 9.73 Å². The molecule has 0 bridgehead atoms. The summed E-state index contributed by atoms with van der Waals surface area (Å²) < 4.78 is 42.9. The lowest BCUT2D eigenvalue weighted by Crippen LogP contribution is -2.09. The minimum atomic E-state index is -3.96. The molecule has 0 saturated carbocycles. The summed E-state index contributed by atoms with van der Waals surface area (Å²) in [6, 6.07) is 5.61. The molecule has 0 aromatic heterocycles. The lowest BCUT2D eigenvalue weighted by atomic mass is 10.4. The van der Waals surface area contributed by atoms with Crippen LogP contribution in [0, 0.1) is 4.78 Å². The van der Waals surface area contributed by atoms with E-state index in [0.717, 1.165) is 0 Å². The number of hydrogen-bond donors (Lipinski definition) is 1. The van der Waals surface area contributed by atoms with Crippen molar-refractivity contribution in [2.75, 3.05) is 0 Å². The first-order chi connectivity index (χ1) is 5.94. The summed E-state index contributed by atoms with van der Waals surface area (Å²) in [7, 11) is -3.96. The predicted molar refractivity (Wildman–Crippen MR) is 49.3 cm³/mol. The van der Waals surface area contributed by atoms with Crippen LogP contribution in [0.1, 0.15) is 0 Å². The van der Waals surface area contributed by atoms with E-state index >= 15 is 0 Å². The van der Waals surface area contributed by atoms with E-state index in [1.165, 1.54) is 18.2 Å². The second-order valence-corrected chi connectivity index (χ2v) is 5.26. The molecule has 1 unspecified atom stereocenters. The van der Waals surface area contributed by atoms with E-state index in [9.17, 15) is 13.0 Å². The minimum Gasteiger partial charge on any atom is -0.244 e. The van der Waals surface area contributed by atoms with Gasteiger partial charge in [0, 0.05) is 4.47 Å². The summed E-state index contributed by atoms with van der Waals surface area (Å²) in [6.45, 7) is 0. The van der Waals surface area contributed by atoms with Crippen molar-refractivity contribution in [3.8, 4) is 0 Å².